The summed E-state index contributed by atoms with van der Waals surface area (Å²) >= 11 is 0. The number of rotatable bonds is 8. The average molecular weight is 247 g/mol. The van der Waals surface area contributed by atoms with E-state index >= 15 is 0 Å². The molecule has 0 aromatic rings. The zero-order valence-corrected chi connectivity index (χ0v) is 10.8. The van der Waals surface area contributed by atoms with Gasteiger partial charge < -0.3 is 19.5 Å². The Morgan fingerprint density at radius 2 is 1.82 bits per heavy atom. The Bertz CT molecular complexity index is 242. The SMILES string of the molecule is COCCOCC(=O)N[C@H](C(=O)OC)C(C)C. The van der Waals surface area contributed by atoms with Crippen LogP contribution in [0.1, 0.15) is 13.8 Å². The number of ether oxygens (including phenoxy) is 3. The van der Waals surface area contributed by atoms with Crippen molar-refractivity contribution in [2.45, 2.75) is 19.9 Å². The molecule has 0 aliphatic heterocycles. The first kappa shape index (κ1) is 15.9. The van der Waals surface area contributed by atoms with Crippen LogP contribution in [0.25, 0.3) is 0 Å². The van der Waals surface area contributed by atoms with E-state index in [0.29, 0.717) is 13.2 Å². The van der Waals surface area contributed by atoms with Gasteiger partial charge in [0.15, 0.2) is 0 Å². The Morgan fingerprint density at radius 3 is 2.29 bits per heavy atom. The highest BCUT2D eigenvalue weighted by Gasteiger charge is 2.24. The third-order valence-corrected chi connectivity index (χ3v) is 2.10. The van der Waals surface area contributed by atoms with E-state index in [-0.39, 0.29) is 18.4 Å². The van der Waals surface area contributed by atoms with Crippen molar-refractivity contribution >= 4 is 11.9 Å². The maximum Gasteiger partial charge on any atom is 0.328 e. The molecule has 17 heavy (non-hydrogen) atoms. The Morgan fingerprint density at radius 1 is 1.18 bits per heavy atom. The zero-order chi connectivity index (χ0) is 13.3. The van der Waals surface area contributed by atoms with Gasteiger partial charge in [-0.1, -0.05) is 13.8 Å². The molecule has 6 heteroatoms. The molecular weight excluding hydrogens is 226 g/mol. The lowest BCUT2D eigenvalue weighted by atomic mass is 10.0. The molecule has 0 saturated carbocycles. The normalized spacial score (nSPS) is 12.3. The number of carbonyl (C=O) groups excluding carboxylic acids is 2. The molecule has 0 heterocycles. The highest BCUT2D eigenvalue weighted by molar-refractivity contribution is 5.85. The Balaban J connectivity index is 4.00. The molecule has 0 saturated heterocycles. The number of hydrogen-bond acceptors (Lipinski definition) is 5. The largest absolute Gasteiger partial charge is 0.467 e. The molecule has 0 fully saturated rings. The van der Waals surface area contributed by atoms with Crippen LogP contribution in [0.5, 0.6) is 0 Å². The van der Waals surface area contributed by atoms with Crippen LogP contribution in [-0.2, 0) is 23.8 Å². The van der Waals surface area contributed by atoms with Crippen LogP contribution in [0.2, 0.25) is 0 Å². The minimum absolute atomic E-state index is 0.0367. The Kier molecular flexibility index (Phi) is 8.35. The molecular formula is C11H21NO5. The van der Waals surface area contributed by atoms with Gasteiger partial charge in [0.25, 0.3) is 0 Å². The summed E-state index contributed by atoms with van der Waals surface area (Å²) in [5.41, 5.74) is 0. The molecule has 1 atom stereocenters. The smallest absolute Gasteiger partial charge is 0.328 e. The molecule has 0 rings (SSSR count). The molecule has 1 N–H and O–H groups in total. The van der Waals surface area contributed by atoms with Gasteiger partial charge in [-0.25, -0.2) is 4.79 Å². The second-order valence-electron chi connectivity index (χ2n) is 3.86. The van der Waals surface area contributed by atoms with Crippen molar-refractivity contribution < 1.29 is 23.8 Å². The molecule has 6 nitrogen and oxygen atoms in total. The van der Waals surface area contributed by atoms with E-state index in [9.17, 15) is 9.59 Å². The van der Waals surface area contributed by atoms with Crippen molar-refractivity contribution in [1.82, 2.24) is 5.32 Å². The highest BCUT2D eigenvalue weighted by Crippen LogP contribution is 2.03. The number of esters is 1. The van der Waals surface area contributed by atoms with Crippen LogP contribution in [0.15, 0.2) is 0 Å². The van der Waals surface area contributed by atoms with Gasteiger partial charge in [0.05, 0.1) is 20.3 Å². The van der Waals surface area contributed by atoms with Crippen molar-refractivity contribution in [2.24, 2.45) is 5.92 Å². The molecule has 0 unspecified atom stereocenters. The number of carbonyl (C=O) groups is 2. The molecule has 0 spiro atoms. The van der Waals surface area contributed by atoms with Gasteiger partial charge in [0.2, 0.25) is 5.91 Å². The van der Waals surface area contributed by atoms with Crippen LogP contribution < -0.4 is 5.32 Å². The van der Waals surface area contributed by atoms with Gasteiger partial charge in [0, 0.05) is 7.11 Å². The average Bonchev–Trinajstić information content (AvgIpc) is 2.30. The number of amides is 1. The highest BCUT2D eigenvalue weighted by atomic mass is 16.5. The fourth-order valence-corrected chi connectivity index (χ4v) is 1.15. The van der Waals surface area contributed by atoms with E-state index in [1.165, 1.54) is 7.11 Å². The summed E-state index contributed by atoms with van der Waals surface area (Å²) in [4.78, 5) is 22.8. The molecule has 100 valence electrons. The van der Waals surface area contributed by atoms with Crippen LogP contribution in [-0.4, -0.2) is 52.0 Å². The van der Waals surface area contributed by atoms with Crippen molar-refractivity contribution in [3.63, 3.8) is 0 Å². The van der Waals surface area contributed by atoms with Gasteiger partial charge in [-0.15, -0.1) is 0 Å². The topological polar surface area (TPSA) is 73.9 Å². The van der Waals surface area contributed by atoms with Crippen molar-refractivity contribution in [3.05, 3.63) is 0 Å². The molecule has 0 aliphatic carbocycles. The maximum absolute atomic E-state index is 11.5. The molecule has 0 bridgehead atoms. The lowest BCUT2D eigenvalue weighted by Gasteiger charge is -2.19. The zero-order valence-electron chi connectivity index (χ0n) is 10.8. The summed E-state index contributed by atoms with van der Waals surface area (Å²) in [6.07, 6.45) is 0. The van der Waals surface area contributed by atoms with Crippen molar-refractivity contribution in [3.8, 4) is 0 Å². The first-order valence-electron chi connectivity index (χ1n) is 5.46. The summed E-state index contributed by atoms with van der Waals surface area (Å²) in [5.74, 6) is -0.833. The summed E-state index contributed by atoms with van der Waals surface area (Å²) in [6, 6.07) is -0.640. The first-order valence-corrected chi connectivity index (χ1v) is 5.46. The summed E-state index contributed by atoms with van der Waals surface area (Å²) in [7, 11) is 2.84. The second-order valence-corrected chi connectivity index (χ2v) is 3.86. The molecule has 0 radical (unpaired) electrons. The quantitative estimate of drug-likeness (QED) is 0.481. The molecule has 0 aromatic carbocycles. The molecule has 0 aliphatic rings. The first-order chi connectivity index (χ1) is 8.02. The standard InChI is InChI=1S/C11H21NO5/c1-8(2)10(11(14)16-4)12-9(13)7-17-6-5-15-3/h8,10H,5-7H2,1-4H3,(H,12,13)/t10-/m0/s1. The lowest BCUT2D eigenvalue weighted by Crippen LogP contribution is -2.46. The van der Waals surface area contributed by atoms with Gasteiger partial charge in [-0.3, -0.25) is 4.79 Å². The van der Waals surface area contributed by atoms with Crippen LogP contribution in [0.3, 0.4) is 0 Å². The van der Waals surface area contributed by atoms with Crippen LogP contribution in [0, 0.1) is 5.92 Å². The summed E-state index contributed by atoms with van der Waals surface area (Å²) in [5, 5.41) is 2.56. The van der Waals surface area contributed by atoms with E-state index in [1.807, 2.05) is 13.8 Å². The van der Waals surface area contributed by atoms with E-state index in [2.05, 4.69) is 10.1 Å². The second kappa shape index (κ2) is 8.95. The van der Waals surface area contributed by atoms with Crippen molar-refractivity contribution in [1.29, 1.82) is 0 Å². The minimum atomic E-state index is -0.640. The van der Waals surface area contributed by atoms with E-state index in [4.69, 9.17) is 9.47 Å². The summed E-state index contributed by atoms with van der Waals surface area (Å²) < 4.78 is 14.4. The third-order valence-electron chi connectivity index (χ3n) is 2.10. The monoisotopic (exact) mass is 247 g/mol. The van der Waals surface area contributed by atoms with E-state index in [0.717, 1.165) is 0 Å². The number of methoxy groups -OCH3 is 2. The van der Waals surface area contributed by atoms with E-state index in [1.54, 1.807) is 7.11 Å². The fraction of sp³-hybridized carbons (Fsp3) is 0.818. The lowest BCUT2D eigenvalue weighted by molar-refractivity contribution is -0.147. The predicted molar refractivity (Wildman–Crippen MR) is 61.5 cm³/mol. The Labute approximate surface area is 102 Å². The molecule has 1 amide bonds. The predicted octanol–water partition coefficient (Wildman–Crippen LogP) is -0.0368. The maximum atomic E-state index is 11.5. The fourth-order valence-electron chi connectivity index (χ4n) is 1.15. The van der Waals surface area contributed by atoms with Crippen molar-refractivity contribution in [2.75, 3.05) is 34.0 Å². The number of hydrogen-bond donors (Lipinski definition) is 1. The van der Waals surface area contributed by atoms with Crippen LogP contribution in [0.4, 0.5) is 0 Å². The van der Waals surface area contributed by atoms with Gasteiger partial charge >= 0.3 is 5.97 Å². The number of nitrogens with one attached hydrogen (secondary N) is 1. The van der Waals surface area contributed by atoms with E-state index < -0.39 is 12.0 Å². The Hall–Kier alpha value is -1.14. The van der Waals surface area contributed by atoms with Gasteiger partial charge in [-0.2, -0.15) is 0 Å². The van der Waals surface area contributed by atoms with Gasteiger partial charge in [-0.05, 0) is 5.92 Å². The summed E-state index contributed by atoms with van der Waals surface area (Å²) in [6.45, 7) is 4.33. The third kappa shape index (κ3) is 6.91. The minimum Gasteiger partial charge on any atom is -0.467 e. The van der Waals surface area contributed by atoms with Gasteiger partial charge in [0.1, 0.15) is 12.6 Å². The molecule has 0 aromatic heterocycles. The van der Waals surface area contributed by atoms with Crippen LogP contribution >= 0.6 is 0 Å².